The second kappa shape index (κ2) is 5.99. The molecule has 0 aliphatic carbocycles. The average Bonchev–Trinajstić information content (AvgIpc) is 2.84. The predicted molar refractivity (Wildman–Crippen MR) is 67.0 cm³/mol. The molecule has 0 fully saturated rings. The van der Waals surface area contributed by atoms with Gasteiger partial charge in [-0.05, 0) is 24.8 Å². The first-order valence-electron chi connectivity index (χ1n) is 5.89. The lowest BCUT2D eigenvalue weighted by Gasteiger charge is -2.02. The maximum atomic E-state index is 10.5. The molecule has 2 aromatic rings. The molecule has 3 nitrogen and oxygen atoms in total. The fourth-order valence-corrected chi connectivity index (χ4v) is 1.83. The smallest absolute Gasteiger partial charge is 0.169 e. The first-order chi connectivity index (χ1) is 8.38. The highest BCUT2D eigenvalue weighted by molar-refractivity contribution is 5.70. The average molecular weight is 228 g/mol. The number of hydrogen-bond acceptors (Lipinski definition) is 2. The Balaban J connectivity index is 1.71. The van der Waals surface area contributed by atoms with E-state index in [2.05, 4.69) is 29.2 Å². The Labute approximate surface area is 101 Å². The molecule has 1 aromatic heterocycles. The number of imidazole rings is 1. The number of benzene rings is 1. The van der Waals surface area contributed by atoms with Crippen LogP contribution in [0, 0.1) is 0 Å². The molecular weight excluding hydrogens is 212 g/mol. The Bertz CT molecular complexity index is 462. The van der Waals surface area contributed by atoms with Gasteiger partial charge in [0.25, 0.3) is 0 Å². The molecule has 0 saturated carbocycles. The van der Waals surface area contributed by atoms with Gasteiger partial charge in [-0.15, -0.1) is 0 Å². The van der Waals surface area contributed by atoms with Crippen LogP contribution in [0.2, 0.25) is 0 Å². The summed E-state index contributed by atoms with van der Waals surface area (Å²) in [7, 11) is 0. The number of carbonyl (C=O) groups excluding carboxylic acids is 1. The van der Waals surface area contributed by atoms with Crippen molar-refractivity contribution in [3.05, 3.63) is 54.1 Å². The monoisotopic (exact) mass is 228 g/mol. The summed E-state index contributed by atoms with van der Waals surface area (Å²) in [5, 5.41) is 0. The minimum atomic E-state index is 0.507. The largest absolute Gasteiger partial charge is 0.337 e. The molecule has 3 heteroatoms. The van der Waals surface area contributed by atoms with E-state index in [-0.39, 0.29) is 0 Å². The van der Waals surface area contributed by atoms with E-state index in [4.69, 9.17) is 0 Å². The Morgan fingerprint density at radius 1 is 1.18 bits per heavy atom. The minimum Gasteiger partial charge on any atom is -0.337 e. The lowest BCUT2D eigenvalue weighted by Crippen LogP contribution is -1.95. The van der Waals surface area contributed by atoms with Crippen LogP contribution in [-0.2, 0) is 13.0 Å². The standard InChI is InChI=1S/C14H16N2O/c17-11-14-10-16(12-15-14)9-5-4-8-13-6-2-1-3-7-13/h1-3,6-7,10-12H,4-5,8-9H2. The van der Waals surface area contributed by atoms with Gasteiger partial charge in [-0.3, -0.25) is 4.79 Å². The number of rotatable bonds is 6. The quantitative estimate of drug-likeness (QED) is 0.563. The number of carbonyl (C=O) groups is 1. The number of hydrogen-bond donors (Lipinski definition) is 0. The maximum Gasteiger partial charge on any atom is 0.169 e. The predicted octanol–water partition coefficient (Wildman–Crippen LogP) is 2.72. The molecule has 0 aliphatic heterocycles. The van der Waals surface area contributed by atoms with Crippen molar-refractivity contribution in [2.24, 2.45) is 0 Å². The van der Waals surface area contributed by atoms with Crippen LogP contribution in [0.5, 0.6) is 0 Å². The van der Waals surface area contributed by atoms with E-state index >= 15 is 0 Å². The van der Waals surface area contributed by atoms with Crippen LogP contribution >= 0.6 is 0 Å². The second-order valence-corrected chi connectivity index (χ2v) is 4.10. The molecule has 0 aliphatic rings. The van der Waals surface area contributed by atoms with Gasteiger partial charge in [-0.1, -0.05) is 30.3 Å². The number of nitrogens with zero attached hydrogens (tertiary/aromatic N) is 2. The Kier molecular flexibility index (Phi) is 4.08. The highest BCUT2D eigenvalue weighted by Gasteiger charge is 1.97. The summed E-state index contributed by atoms with van der Waals surface area (Å²) in [5.41, 5.74) is 1.89. The summed E-state index contributed by atoms with van der Waals surface area (Å²) in [6, 6.07) is 10.5. The summed E-state index contributed by atoms with van der Waals surface area (Å²) < 4.78 is 1.97. The van der Waals surface area contributed by atoms with Crippen LogP contribution < -0.4 is 0 Å². The first kappa shape index (κ1) is 11.6. The zero-order valence-corrected chi connectivity index (χ0v) is 9.75. The second-order valence-electron chi connectivity index (χ2n) is 4.10. The van der Waals surface area contributed by atoms with E-state index in [1.807, 2.05) is 10.6 Å². The van der Waals surface area contributed by atoms with Crippen LogP contribution in [0.1, 0.15) is 28.9 Å². The number of aryl methyl sites for hydroxylation is 2. The van der Waals surface area contributed by atoms with Crippen molar-refractivity contribution in [3.63, 3.8) is 0 Å². The van der Waals surface area contributed by atoms with Gasteiger partial charge >= 0.3 is 0 Å². The van der Waals surface area contributed by atoms with Gasteiger partial charge in [-0.25, -0.2) is 4.98 Å². The lowest BCUT2D eigenvalue weighted by atomic mass is 10.1. The van der Waals surface area contributed by atoms with Gasteiger partial charge < -0.3 is 4.57 Å². The van der Waals surface area contributed by atoms with Crippen LogP contribution in [-0.4, -0.2) is 15.8 Å². The van der Waals surface area contributed by atoms with Crippen molar-refractivity contribution in [2.75, 3.05) is 0 Å². The molecule has 0 amide bonds. The van der Waals surface area contributed by atoms with Crippen molar-refractivity contribution in [2.45, 2.75) is 25.8 Å². The molecule has 1 aromatic carbocycles. The molecule has 0 saturated heterocycles. The Hall–Kier alpha value is -1.90. The number of aldehydes is 1. The first-order valence-corrected chi connectivity index (χ1v) is 5.89. The van der Waals surface area contributed by atoms with Crippen LogP contribution in [0.15, 0.2) is 42.9 Å². The van der Waals surface area contributed by atoms with Gasteiger partial charge in [0.05, 0.1) is 6.33 Å². The topological polar surface area (TPSA) is 34.9 Å². The Morgan fingerprint density at radius 2 is 2.00 bits per heavy atom. The van der Waals surface area contributed by atoms with Crippen molar-refractivity contribution < 1.29 is 4.79 Å². The molecule has 0 radical (unpaired) electrons. The van der Waals surface area contributed by atoms with Crippen molar-refractivity contribution in [3.8, 4) is 0 Å². The van der Waals surface area contributed by atoms with Gasteiger partial charge in [0.2, 0.25) is 0 Å². The summed E-state index contributed by atoms with van der Waals surface area (Å²) >= 11 is 0. The normalized spacial score (nSPS) is 10.4. The molecule has 0 unspecified atom stereocenters. The van der Waals surface area contributed by atoms with E-state index in [1.165, 1.54) is 5.56 Å². The summed E-state index contributed by atoms with van der Waals surface area (Å²) in [5.74, 6) is 0. The highest BCUT2D eigenvalue weighted by atomic mass is 16.1. The van der Waals surface area contributed by atoms with Crippen molar-refractivity contribution in [1.29, 1.82) is 0 Å². The maximum absolute atomic E-state index is 10.5. The fourth-order valence-electron chi connectivity index (χ4n) is 1.83. The minimum absolute atomic E-state index is 0.507. The molecule has 0 bridgehead atoms. The molecule has 88 valence electrons. The van der Waals surface area contributed by atoms with Crippen LogP contribution in [0.25, 0.3) is 0 Å². The number of unbranched alkanes of at least 4 members (excludes halogenated alkanes) is 1. The van der Waals surface area contributed by atoms with E-state index in [0.29, 0.717) is 5.69 Å². The molecule has 0 atom stereocenters. The third kappa shape index (κ3) is 3.55. The number of aromatic nitrogens is 2. The van der Waals surface area contributed by atoms with Gasteiger partial charge in [0.1, 0.15) is 5.69 Å². The zero-order chi connectivity index (χ0) is 11.9. The van der Waals surface area contributed by atoms with Crippen LogP contribution in [0.3, 0.4) is 0 Å². The molecule has 17 heavy (non-hydrogen) atoms. The molecular formula is C14H16N2O. The fraction of sp³-hybridized carbons (Fsp3) is 0.286. The van der Waals surface area contributed by atoms with Crippen molar-refractivity contribution in [1.82, 2.24) is 9.55 Å². The molecule has 1 heterocycles. The van der Waals surface area contributed by atoms with Gasteiger partial charge in [0.15, 0.2) is 6.29 Å². The van der Waals surface area contributed by atoms with Crippen molar-refractivity contribution >= 4 is 6.29 Å². The van der Waals surface area contributed by atoms with E-state index in [0.717, 1.165) is 32.1 Å². The van der Waals surface area contributed by atoms with Crippen LogP contribution in [0.4, 0.5) is 0 Å². The highest BCUT2D eigenvalue weighted by Crippen LogP contribution is 2.05. The SMILES string of the molecule is O=Cc1cn(CCCCc2ccccc2)cn1. The Morgan fingerprint density at radius 3 is 2.71 bits per heavy atom. The molecule has 0 spiro atoms. The van der Waals surface area contributed by atoms with Gasteiger partial charge in [-0.2, -0.15) is 0 Å². The third-order valence-electron chi connectivity index (χ3n) is 2.75. The van der Waals surface area contributed by atoms with E-state index < -0.39 is 0 Å². The van der Waals surface area contributed by atoms with E-state index in [1.54, 1.807) is 12.5 Å². The summed E-state index contributed by atoms with van der Waals surface area (Å²) in [4.78, 5) is 14.4. The molecule has 2 rings (SSSR count). The third-order valence-corrected chi connectivity index (χ3v) is 2.75. The molecule has 0 N–H and O–H groups in total. The summed E-state index contributed by atoms with van der Waals surface area (Å²) in [6.45, 7) is 0.924. The van der Waals surface area contributed by atoms with E-state index in [9.17, 15) is 4.79 Å². The zero-order valence-electron chi connectivity index (χ0n) is 9.75. The van der Waals surface area contributed by atoms with Gasteiger partial charge in [0, 0.05) is 12.7 Å². The summed E-state index contributed by atoms with van der Waals surface area (Å²) in [6.07, 6.45) is 7.64. The lowest BCUT2D eigenvalue weighted by molar-refractivity contribution is 0.111.